The molecule has 1 saturated heterocycles. The molecule has 0 aliphatic carbocycles. The summed E-state index contributed by atoms with van der Waals surface area (Å²) in [5, 5.41) is 1.10. The van der Waals surface area contributed by atoms with E-state index in [1.54, 1.807) is 6.33 Å². The van der Waals surface area contributed by atoms with E-state index < -0.39 is 10.8 Å². The van der Waals surface area contributed by atoms with Crippen LogP contribution < -0.4 is 4.90 Å². The highest BCUT2D eigenvalue weighted by molar-refractivity contribution is 7.85. The number of hydrogen-bond donors (Lipinski definition) is 0. The monoisotopic (exact) mass is 289 g/mol. The molecule has 1 fully saturated rings. The molecule has 0 bridgehead atoms. The average molecular weight is 289 g/mol. The highest BCUT2D eigenvalue weighted by Crippen LogP contribution is 2.27. The van der Waals surface area contributed by atoms with E-state index in [-0.39, 0.29) is 0 Å². The van der Waals surface area contributed by atoms with E-state index in [0.717, 1.165) is 41.1 Å². The zero-order valence-electron chi connectivity index (χ0n) is 11.9. The Bertz CT molecular complexity index is 649. The zero-order valence-corrected chi connectivity index (χ0v) is 12.7. The highest BCUT2D eigenvalue weighted by Gasteiger charge is 2.23. The molecule has 3 rings (SSSR count). The van der Waals surface area contributed by atoms with Gasteiger partial charge in [0.1, 0.15) is 12.1 Å². The summed E-state index contributed by atoms with van der Waals surface area (Å²) in [4.78, 5) is 11.1. The summed E-state index contributed by atoms with van der Waals surface area (Å²) in [6.07, 6.45) is 3.57. The molecule has 5 heteroatoms. The molecule has 20 heavy (non-hydrogen) atoms. The van der Waals surface area contributed by atoms with Gasteiger partial charge in [0.05, 0.1) is 5.52 Å². The molecule has 0 saturated carbocycles. The van der Waals surface area contributed by atoms with Crippen LogP contribution in [0.5, 0.6) is 0 Å². The minimum absolute atomic E-state index is 0.423. The number of aromatic nitrogens is 2. The Morgan fingerprint density at radius 2 is 2.00 bits per heavy atom. The fourth-order valence-electron chi connectivity index (χ4n) is 2.78. The quantitative estimate of drug-likeness (QED) is 0.851. The van der Waals surface area contributed by atoms with Gasteiger partial charge >= 0.3 is 0 Å². The molecule has 0 atom stereocenters. The van der Waals surface area contributed by atoms with E-state index in [2.05, 4.69) is 41.0 Å². The van der Waals surface area contributed by atoms with Gasteiger partial charge in [-0.25, -0.2) is 9.97 Å². The van der Waals surface area contributed by atoms with Crippen molar-refractivity contribution in [3.05, 3.63) is 30.1 Å². The zero-order chi connectivity index (χ0) is 14.1. The van der Waals surface area contributed by atoms with Crippen LogP contribution in [0.2, 0.25) is 0 Å². The molecule has 0 amide bonds. The van der Waals surface area contributed by atoms with Crippen molar-refractivity contribution in [3.63, 3.8) is 0 Å². The maximum Gasteiger partial charge on any atom is 0.139 e. The van der Waals surface area contributed by atoms with E-state index in [1.165, 1.54) is 5.56 Å². The third-order valence-electron chi connectivity index (χ3n) is 4.01. The molecule has 1 aromatic carbocycles. The van der Waals surface area contributed by atoms with Crippen LogP contribution in [0.1, 0.15) is 18.4 Å². The molecule has 0 radical (unpaired) electrons. The molecule has 0 N–H and O–H groups in total. The second kappa shape index (κ2) is 5.48. The smallest absolute Gasteiger partial charge is 0.139 e. The minimum atomic E-state index is -0.624. The van der Waals surface area contributed by atoms with Gasteiger partial charge in [0, 0.05) is 40.8 Å². The maximum absolute atomic E-state index is 11.5. The van der Waals surface area contributed by atoms with Crippen LogP contribution in [0.15, 0.2) is 24.5 Å². The van der Waals surface area contributed by atoms with Crippen LogP contribution in [0.4, 0.5) is 5.82 Å². The lowest BCUT2D eigenvalue weighted by molar-refractivity contribution is 0.567. The van der Waals surface area contributed by atoms with Gasteiger partial charge in [-0.3, -0.25) is 4.21 Å². The molecule has 106 valence electrons. The van der Waals surface area contributed by atoms with Crippen molar-refractivity contribution < 1.29 is 4.21 Å². The Morgan fingerprint density at radius 1 is 1.25 bits per heavy atom. The Kier molecular flexibility index (Phi) is 3.70. The van der Waals surface area contributed by atoms with E-state index in [1.807, 2.05) is 6.07 Å². The van der Waals surface area contributed by atoms with E-state index >= 15 is 0 Å². The van der Waals surface area contributed by atoms with Gasteiger partial charge in [-0.2, -0.15) is 0 Å². The van der Waals surface area contributed by atoms with Crippen molar-refractivity contribution in [3.8, 4) is 0 Å². The van der Waals surface area contributed by atoms with Crippen LogP contribution >= 0.6 is 0 Å². The molecular weight excluding hydrogens is 270 g/mol. The summed E-state index contributed by atoms with van der Waals surface area (Å²) in [7, 11) is 1.46. The number of nitrogens with zero attached hydrogens (tertiary/aromatic N) is 3. The third kappa shape index (κ3) is 2.54. The molecule has 0 unspecified atom stereocenters. The summed E-state index contributed by atoms with van der Waals surface area (Å²) in [6.45, 7) is 2.08. The normalized spacial score (nSPS) is 22.9. The van der Waals surface area contributed by atoms with Crippen molar-refractivity contribution in [2.45, 2.75) is 25.8 Å². The largest absolute Gasteiger partial charge is 0.356 e. The van der Waals surface area contributed by atoms with Crippen LogP contribution in [0.3, 0.4) is 0 Å². The van der Waals surface area contributed by atoms with Crippen molar-refractivity contribution in [1.29, 1.82) is 0 Å². The number of aryl methyl sites for hydroxylation is 1. The van der Waals surface area contributed by atoms with Gasteiger partial charge in [-0.1, -0.05) is 11.6 Å². The Labute approximate surface area is 121 Å². The molecule has 2 aromatic rings. The van der Waals surface area contributed by atoms with Gasteiger partial charge in [0.2, 0.25) is 0 Å². The summed E-state index contributed by atoms with van der Waals surface area (Å²) in [6, 6.07) is 6.68. The second-order valence-electron chi connectivity index (χ2n) is 5.41. The van der Waals surface area contributed by atoms with Crippen molar-refractivity contribution >= 4 is 27.5 Å². The van der Waals surface area contributed by atoms with Crippen LogP contribution in [0.25, 0.3) is 10.9 Å². The lowest BCUT2D eigenvalue weighted by Crippen LogP contribution is -2.38. The van der Waals surface area contributed by atoms with Gasteiger partial charge in [-0.15, -0.1) is 0 Å². The van der Waals surface area contributed by atoms with Crippen molar-refractivity contribution in [2.75, 3.05) is 23.5 Å². The first kappa shape index (κ1) is 13.5. The van der Waals surface area contributed by atoms with Gasteiger partial charge in [0.25, 0.3) is 0 Å². The first-order valence-corrected chi connectivity index (χ1v) is 8.43. The third-order valence-corrected chi connectivity index (χ3v) is 5.39. The summed E-state index contributed by atoms with van der Waals surface area (Å²) < 4.78 is 11.5. The molecule has 4 nitrogen and oxygen atoms in total. The lowest BCUT2D eigenvalue weighted by atomic mass is 10.1. The maximum atomic E-state index is 11.5. The summed E-state index contributed by atoms with van der Waals surface area (Å²) in [5.41, 5.74) is 2.19. The molecule has 1 aliphatic heterocycles. The first-order valence-electron chi connectivity index (χ1n) is 6.94. The first-order chi connectivity index (χ1) is 9.65. The molecular formula is C15H19N3OS. The number of anilines is 1. The molecule has 2 heterocycles. The molecule has 1 aromatic heterocycles. The van der Waals surface area contributed by atoms with Gasteiger partial charge in [-0.05, 0) is 31.9 Å². The van der Waals surface area contributed by atoms with Gasteiger partial charge in [0.15, 0.2) is 0 Å². The molecule has 0 spiro atoms. The van der Waals surface area contributed by atoms with Crippen molar-refractivity contribution in [2.24, 2.45) is 0 Å². The van der Waals surface area contributed by atoms with Gasteiger partial charge < -0.3 is 4.90 Å². The molecule has 1 aliphatic rings. The summed E-state index contributed by atoms with van der Waals surface area (Å²) in [5.74, 6) is 2.59. The lowest BCUT2D eigenvalue weighted by Gasteiger charge is -2.32. The predicted molar refractivity (Wildman–Crippen MR) is 83.6 cm³/mol. The van der Waals surface area contributed by atoms with E-state index in [4.69, 9.17) is 0 Å². The Hall–Kier alpha value is -1.49. The predicted octanol–water partition coefficient (Wildman–Crippen LogP) is 2.29. The second-order valence-corrected chi connectivity index (χ2v) is 7.10. The number of hydrogen-bond acceptors (Lipinski definition) is 4. The fraction of sp³-hybridized carbons (Fsp3) is 0.467. The highest BCUT2D eigenvalue weighted by atomic mass is 32.2. The van der Waals surface area contributed by atoms with Crippen molar-refractivity contribution in [1.82, 2.24) is 9.97 Å². The number of rotatable bonds is 2. The average Bonchev–Trinajstić information content (AvgIpc) is 2.46. The number of benzene rings is 1. The fourth-order valence-corrected chi connectivity index (χ4v) is 4.05. The standard InChI is InChI=1S/C15H19N3OS/c1-11-3-4-14-13(9-11)15(17-10-16-14)18(2)12-5-7-20(19)8-6-12/h3-4,9-10,12H,5-8H2,1-2H3. The van der Waals surface area contributed by atoms with Crippen LogP contribution in [0, 0.1) is 6.92 Å². The van der Waals surface area contributed by atoms with E-state index in [9.17, 15) is 4.21 Å². The summed E-state index contributed by atoms with van der Waals surface area (Å²) >= 11 is 0. The minimum Gasteiger partial charge on any atom is -0.356 e. The SMILES string of the molecule is Cc1ccc2ncnc(N(C)C3CCS(=O)CC3)c2c1. The Balaban J connectivity index is 1.96. The van der Waals surface area contributed by atoms with E-state index in [0.29, 0.717) is 6.04 Å². The van der Waals surface area contributed by atoms with Crippen LogP contribution in [-0.4, -0.2) is 38.8 Å². The van der Waals surface area contributed by atoms with Crippen LogP contribution in [-0.2, 0) is 10.8 Å². The Morgan fingerprint density at radius 3 is 2.75 bits per heavy atom. The topological polar surface area (TPSA) is 46.1 Å². The number of fused-ring (bicyclic) bond motifs is 1.